The van der Waals surface area contributed by atoms with E-state index >= 15 is 0 Å². The van der Waals surface area contributed by atoms with Crippen LogP contribution in [0, 0.1) is 0 Å². The first-order valence-electron chi connectivity index (χ1n) is 6.27. The molecule has 16 heavy (non-hydrogen) atoms. The van der Waals surface area contributed by atoms with Gasteiger partial charge >= 0.3 is 0 Å². The fourth-order valence-electron chi connectivity index (χ4n) is 1.86. The summed E-state index contributed by atoms with van der Waals surface area (Å²) < 4.78 is 5.77. The maximum Gasteiger partial charge on any atom is 0.118 e. The summed E-state index contributed by atoms with van der Waals surface area (Å²) in [6.07, 6.45) is 3.84. The van der Waals surface area contributed by atoms with E-state index in [9.17, 15) is 0 Å². The van der Waals surface area contributed by atoms with E-state index in [0.717, 1.165) is 37.2 Å². The molecule has 0 saturated heterocycles. The average Bonchev–Trinajstić information content (AvgIpc) is 2.98. The van der Waals surface area contributed by atoms with E-state index in [1.54, 1.807) is 0 Å². The van der Waals surface area contributed by atoms with Crippen LogP contribution < -0.4 is 5.32 Å². The molecule has 0 bridgehead atoms. The van der Waals surface area contributed by atoms with Gasteiger partial charge in [-0.2, -0.15) is 0 Å². The van der Waals surface area contributed by atoms with Crippen molar-refractivity contribution in [2.75, 3.05) is 13.6 Å². The van der Waals surface area contributed by atoms with Crippen LogP contribution in [0.2, 0.25) is 0 Å². The van der Waals surface area contributed by atoms with E-state index < -0.39 is 0 Å². The van der Waals surface area contributed by atoms with Crippen LogP contribution in [0.5, 0.6) is 0 Å². The van der Waals surface area contributed by atoms with E-state index in [4.69, 9.17) is 4.42 Å². The van der Waals surface area contributed by atoms with E-state index in [2.05, 4.69) is 36.3 Å². The van der Waals surface area contributed by atoms with Gasteiger partial charge in [0.25, 0.3) is 0 Å². The Bertz CT molecular complexity index is 317. The van der Waals surface area contributed by atoms with Crippen molar-refractivity contribution in [3.05, 3.63) is 23.7 Å². The van der Waals surface area contributed by atoms with Crippen molar-refractivity contribution in [3.8, 4) is 0 Å². The monoisotopic (exact) mass is 222 g/mol. The molecule has 1 N–H and O–H groups in total. The van der Waals surface area contributed by atoms with Crippen LogP contribution in [0.3, 0.4) is 0 Å². The molecule has 1 fully saturated rings. The van der Waals surface area contributed by atoms with Gasteiger partial charge in [-0.05, 0) is 45.0 Å². The first kappa shape index (κ1) is 11.7. The number of nitrogens with one attached hydrogen (secondary N) is 1. The molecule has 1 aliphatic rings. The van der Waals surface area contributed by atoms with Crippen molar-refractivity contribution < 1.29 is 4.42 Å². The second-order valence-corrected chi connectivity index (χ2v) is 4.76. The Labute approximate surface area is 97.8 Å². The molecule has 1 saturated carbocycles. The van der Waals surface area contributed by atoms with E-state index in [1.807, 2.05) is 0 Å². The Balaban J connectivity index is 1.76. The molecule has 3 heteroatoms. The van der Waals surface area contributed by atoms with E-state index in [-0.39, 0.29) is 0 Å². The summed E-state index contributed by atoms with van der Waals surface area (Å²) in [7, 11) is 2.13. The smallest absolute Gasteiger partial charge is 0.118 e. The second-order valence-electron chi connectivity index (χ2n) is 4.76. The SMILES string of the molecule is CCCN(C)Cc1ccc(CNC2CC2)o1. The number of rotatable bonds is 7. The molecule has 1 aromatic heterocycles. The molecule has 0 aliphatic heterocycles. The largest absolute Gasteiger partial charge is 0.463 e. The van der Waals surface area contributed by atoms with Gasteiger partial charge in [0.15, 0.2) is 0 Å². The maximum absolute atomic E-state index is 5.77. The topological polar surface area (TPSA) is 28.4 Å². The third-order valence-corrected chi connectivity index (χ3v) is 2.89. The van der Waals surface area contributed by atoms with Crippen LogP contribution in [-0.2, 0) is 13.1 Å². The lowest BCUT2D eigenvalue weighted by Gasteiger charge is -2.13. The molecule has 0 amide bonds. The van der Waals surface area contributed by atoms with Gasteiger partial charge in [0.1, 0.15) is 11.5 Å². The maximum atomic E-state index is 5.77. The fraction of sp³-hybridized carbons (Fsp3) is 0.692. The zero-order chi connectivity index (χ0) is 11.4. The van der Waals surface area contributed by atoms with Gasteiger partial charge in [-0.25, -0.2) is 0 Å². The van der Waals surface area contributed by atoms with Gasteiger partial charge in [-0.1, -0.05) is 6.92 Å². The summed E-state index contributed by atoms with van der Waals surface area (Å²) in [5.74, 6) is 2.13. The summed E-state index contributed by atoms with van der Waals surface area (Å²) in [5.41, 5.74) is 0. The van der Waals surface area contributed by atoms with Crippen LogP contribution in [0.4, 0.5) is 0 Å². The van der Waals surface area contributed by atoms with Crippen molar-refractivity contribution >= 4 is 0 Å². The van der Waals surface area contributed by atoms with Gasteiger partial charge in [-0.3, -0.25) is 4.90 Å². The van der Waals surface area contributed by atoms with Crippen molar-refractivity contribution in [2.45, 2.75) is 45.3 Å². The average molecular weight is 222 g/mol. The van der Waals surface area contributed by atoms with Crippen molar-refractivity contribution in [1.82, 2.24) is 10.2 Å². The molecule has 2 rings (SSSR count). The Hall–Kier alpha value is -0.800. The molecule has 90 valence electrons. The van der Waals surface area contributed by atoms with Crippen molar-refractivity contribution in [1.29, 1.82) is 0 Å². The van der Waals surface area contributed by atoms with Gasteiger partial charge in [-0.15, -0.1) is 0 Å². The van der Waals surface area contributed by atoms with Gasteiger partial charge in [0, 0.05) is 6.04 Å². The zero-order valence-corrected chi connectivity index (χ0v) is 10.3. The minimum Gasteiger partial charge on any atom is -0.463 e. The predicted octanol–water partition coefficient (Wildman–Crippen LogP) is 2.37. The van der Waals surface area contributed by atoms with Gasteiger partial charge in [0.2, 0.25) is 0 Å². The second kappa shape index (κ2) is 5.51. The zero-order valence-electron chi connectivity index (χ0n) is 10.3. The van der Waals surface area contributed by atoms with Crippen LogP contribution in [0.1, 0.15) is 37.7 Å². The number of hydrogen-bond donors (Lipinski definition) is 1. The summed E-state index contributed by atoms with van der Waals surface area (Å²) in [5, 5.41) is 3.46. The van der Waals surface area contributed by atoms with Gasteiger partial charge in [0.05, 0.1) is 13.1 Å². The highest BCUT2D eigenvalue weighted by molar-refractivity contribution is 5.07. The number of hydrogen-bond acceptors (Lipinski definition) is 3. The Morgan fingerprint density at radius 2 is 2.12 bits per heavy atom. The lowest BCUT2D eigenvalue weighted by molar-refractivity contribution is 0.290. The summed E-state index contributed by atoms with van der Waals surface area (Å²) in [4.78, 5) is 2.29. The summed E-state index contributed by atoms with van der Waals surface area (Å²) >= 11 is 0. The van der Waals surface area contributed by atoms with E-state index in [1.165, 1.54) is 19.3 Å². The third kappa shape index (κ3) is 3.65. The van der Waals surface area contributed by atoms with Crippen LogP contribution in [-0.4, -0.2) is 24.5 Å². The lowest BCUT2D eigenvalue weighted by Crippen LogP contribution is -2.18. The minimum atomic E-state index is 0.747. The molecule has 3 nitrogen and oxygen atoms in total. The molecule has 0 radical (unpaired) electrons. The number of furan rings is 1. The van der Waals surface area contributed by atoms with Crippen LogP contribution in [0.15, 0.2) is 16.5 Å². The quantitative estimate of drug-likeness (QED) is 0.767. The Morgan fingerprint density at radius 3 is 2.81 bits per heavy atom. The highest BCUT2D eigenvalue weighted by Gasteiger charge is 2.20. The van der Waals surface area contributed by atoms with Crippen molar-refractivity contribution in [2.24, 2.45) is 0 Å². The van der Waals surface area contributed by atoms with Crippen LogP contribution >= 0.6 is 0 Å². The normalized spacial score (nSPS) is 15.9. The molecule has 0 unspecified atom stereocenters. The molecule has 0 aromatic carbocycles. The molecule has 1 aliphatic carbocycles. The molecular weight excluding hydrogens is 200 g/mol. The first-order valence-corrected chi connectivity index (χ1v) is 6.27. The molecular formula is C13H22N2O. The summed E-state index contributed by atoms with van der Waals surface area (Å²) in [6, 6.07) is 4.93. The molecule has 1 aromatic rings. The standard InChI is InChI=1S/C13H22N2O/c1-3-8-15(2)10-13-7-6-12(16-13)9-14-11-4-5-11/h6-7,11,14H,3-5,8-10H2,1-2H3. The Morgan fingerprint density at radius 1 is 1.38 bits per heavy atom. The van der Waals surface area contributed by atoms with Crippen LogP contribution in [0.25, 0.3) is 0 Å². The Kier molecular flexibility index (Phi) is 4.02. The molecule has 0 spiro atoms. The lowest BCUT2D eigenvalue weighted by atomic mass is 10.3. The molecule has 1 heterocycles. The third-order valence-electron chi connectivity index (χ3n) is 2.89. The highest BCUT2D eigenvalue weighted by Crippen LogP contribution is 2.19. The predicted molar refractivity (Wildman–Crippen MR) is 65.2 cm³/mol. The summed E-state index contributed by atoms with van der Waals surface area (Å²) in [6.45, 7) is 5.11. The van der Waals surface area contributed by atoms with E-state index in [0.29, 0.717) is 0 Å². The number of nitrogens with zero attached hydrogens (tertiary/aromatic N) is 1. The highest BCUT2D eigenvalue weighted by atomic mass is 16.3. The van der Waals surface area contributed by atoms with Crippen molar-refractivity contribution in [3.63, 3.8) is 0 Å². The first-order chi connectivity index (χ1) is 7.78. The minimum absolute atomic E-state index is 0.747. The fourth-order valence-corrected chi connectivity index (χ4v) is 1.86. The van der Waals surface area contributed by atoms with Gasteiger partial charge < -0.3 is 9.73 Å². The molecule has 0 atom stereocenters.